The van der Waals surface area contributed by atoms with E-state index in [1.807, 2.05) is 47.9 Å². The maximum absolute atomic E-state index is 5.83. The number of aryl methyl sites for hydroxylation is 1. The van der Waals surface area contributed by atoms with Crippen molar-refractivity contribution in [3.05, 3.63) is 42.6 Å². The number of nitrogen functional groups attached to an aromatic ring is 1. The topological polar surface area (TPSA) is 95.7 Å². The maximum atomic E-state index is 5.83. The lowest BCUT2D eigenvalue weighted by atomic mass is 10.1. The number of hydrogen-bond acceptors (Lipinski definition) is 6. The molecule has 0 aliphatic heterocycles. The van der Waals surface area contributed by atoms with E-state index in [4.69, 9.17) is 15.3 Å². The first-order chi connectivity index (χ1) is 11.3. The molecule has 3 heterocycles. The molecule has 0 bridgehead atoms. The summed E-state index contributed by atoms with van der Waals surface area (Å²) in [7, 11) is 0. The molecule has 23 heavy (non-hydrogen) atoms. The monoisotopic (exact) mass is 306 g/mol. The van der Waals surface area contributed by atoms with Gasteiger partial charge in [0.05, 0.1) is 11.2 Å². The minimum Gasteiger partial charge on any atom is -0.379 e. The molecule has 7 heteroatoms. The van der Waals surface area contributed by atoms with Crippen molar-refractivity contribution in [2.45, 2.75) is 13.5 Å². The first kappa shape index (κ1) is 13.4. The number of fused-ring (bicyclic) bond motifs is 1. The van der Waals surface area contributed by atoms with Gasteiger partial charge in [-0.15, -0.1) is 0 Å². The van der Waals surface area contributed by atoms with Crippen LogP contribution in [0.15, 0.2) is 47.2 Å². The lowest BCUT2D eigenvalue weighted by molar-refractivity contribution is 0.310. The predicted octanol–water partition coefficient (Wildman–Crippen LogP) is 2.75. The number of anilines is 1. The highest BCUT2D eigenvalue weighted by atomic mass is 16.6. The van der Waals surface area contributed by atoms with Crippen LogP contribution in [0.4, 0.5) is 5.82 Å². The van der Waals surface area contributed by atoms with Crippen LogP contribution >= 0.6 is 0 Å². The van der Waals surface area contributed by atoms with Gasteiger partial charge in [0.2, 0.25) is 0 Å². The number of hydrogen-bond donors (Lipinski definition) is 1. The van der Waals surface area contributed by atoms with Gasteiger partial charge >= 0.3 is 0 Å². The molecule has 3 aromatic heterocycles. The zero-order chi connectivity index (χ0) is 15.8. The van der Waals surface area contributed by atoms with Crippen LogP contribution in [0, 0.1) is 0 Å². The van der Waals surface area contributed by atoms with Crippen molar-refractivity contribution in [3.8, 4) is 22.8 Å². The van der Waals surface area contributed by atoms with Crippen LogP contribution in [-0.4, -0.2) is 24.8 Å². The molecule has 0 amide bonds. The fraction of sp³-hybridized carbons (Fsp3) is 0.125. The Kier molecular flexibility index (Phi) is 3.04. The fourth-order valence-electron chi connectivity index (χ4n) is 2.71. The number of nitrogens with zero attached hydrogens (tertiary/aromatic N) is 5. The minimum absolute atomic E-state index is 0.226. The van der Waals surface area contributed by atoms with Gasteiger partial charge in [-0.25, -0.2) is 9.61 Å². The van der Waals surface area contributed by atoms with E-state index in [9.17, 15) is 0 Å². The lowest BCUT2D eigenvalue weighted by Gasteiger charge is -2.04. The summed E-state index contributed by atoms with van der Waals surface area (Å²) in [6.07, 6.45) is 1.78. The lowest BCUT2D eigenvalue weighted by Crippen LogP contribution is -1.99. The second kappa shape index (κ2) is 5.20. The van der Waals surface area contributed by atoms with Gasteiger partial charge in [0.15, 0.2) is 17.3 Å². The second-order valence-corrected chi connectivity index (χ2v) is 5.07. The second-order valence-electron chi connectivity index (χ2n) is 5.07. The Bertz CT molecular complexity index is 973. The van der Waals surface area contributed by atoms with Crippen LogP contribution in [-0.2, 0) is 6.54 Å². The van der Waals surface area contributed by atoms with Crippen LogP contribution in [0.1, 0.15) is 6.92 Å². The molecule has 0 aliphatic rings. The van der Waals surface area contributed by atoms with Crippen LogP contribution in [0.3, 0.4) is 0 Å². The van der Waals surface area contributed by atoms with Crippen LogP contribution < -0.4 is 5.73 Å². The summed E-state index contributed by atoms with van der Waals surface area (Å²) in [5, 5.41) is 7.52. The minimum atomic E-state index is 0.226. The Morgan fingerprint density at radius 2 is 1.91 bits per heavy atom. The van der Waals surface area contributed by atoms with Crippen LogP contribution in [0.2, 0.25) is 0 Å². The van der Waals surface area contributed by atoms with E-state index in [0.717, 1.165) is 28.8 Å². The van der Waals surface area contributed by atoms with Crippen LogP contribution in [0.5, 0.6) is 0 Å². The molecule has 114 valence electrons. The Labute approximate surface area is 131 Å². The highest BCUT2D eigenvalue weighted by Gasteiger charge is 2.20. The first-order valence-corrected chi connectivity index (χ1v) is 7.28. The third-order valence-electron chi connectivity index (χ3n) is 3.76. The molecule has 7 nitrogen and oxygen atoms in total. The molecule has 1 aromatic carbocycles. The van der Waals surface area contributed by atoms with E-state index >= 15 is 0 Å². The van der Waals surface area contributed by atoms with Crippen molar-refractivity contribution in [3.63, 3.8) is 0 Å². The summed E-state index contributed by atoms with van der Waals surface area (Å²) in [6.45, 7) is 2.76. The molecule has 0 atom stereocenters. The molecule has 2 N–H and O–H groups in total. The standard InChI is InChI=1S/C16H14N6O/c1-2-22-11-8-9-18-12(10-6-4-3-5-7-10)13(11)19-16(22)14-15(17)21-23-20-14/h3-9H,2H2,1H3,(H2,17,21). The van der Waals surface area contributed by atoms with E-state index in [-0.39, 0.29) is 5.82 Å². The Morgan fingerprint density at radius 1 is 1.09 bits per heavy atom. The van der Waals surface area contributed by atoms with Gasteiger partial charge < -0.3 is 10.3 Å². The molecule has 4 aromatic rings. The van der Waals surface area contributed by atoms with Crippen LogP contribution in [0.25, 0.3) is 33.8 Å². The SMILES string of the molecule is CCn1c(-c2nonc2N)nc2c(-c3ccccc3)nccc21. The van der Waals surface area contributed by atoms with E-state index in [1.54, 1.807) is 6.20 Å². The summed E-state index contributed by atoms with van der Waals surface area (Å²) in [6, 6.07) is 11.9. The van der Waals surface area contributed by atoms with E-state index < -0.39 is 0 Å². The molecule has 0 spiro atoms. The number of imidazole rings is 1. The Hall–Kier alpha value is -3.22. The molecule has 0 unspecified atom stereocenters. The largest absolute Gasteiger partial charge is 0.379 e. The Balaban J connectivity index is 2.03. The zero-order valence-corrected chi connectivity index (χ0v) is 12.5. The van der Waals surface area contributed by atoms with Crippen molar-refractivity contribution < 1.29 is 4.63 Å². The molecular formula is C16H14N6O. The van der Waals surface area contributed by atoms with Crippen molar-refractivity contribution in [2.24, 2.45) is 0 Å². The van der Waals surface area contributed by atoms with Gasteiger partial charge in [0.25, 0.3) is 0 Å². The summed E-state index contributed by atoms with van der Waals surface area (Å²) >= 11 is 0. The van der Waals surface area contributed by atoms with Crippen molar-refractivity contribution in [1.29, 1.82) is 0 Å². The summed E-state index contributed by atoms with van der Waals surface area (Å²) in [5.41, 5.74) is 9.89. The quantitative estimate of drug-likeness (QED) is 0.625. The van der Waals surface area contributed by atoms with Gasteiger partial charge in [-0.2, -0.15) is 0 Å². The number of aromatic nitrogens is 5. The fourth-order valence-corrected chi connectivity index (χ4v) is 2.71. The maximum Gasteiger partial charge on any atom is 0.199 e. The number of benzene rings is 1. The van der Waals surface area contributed by atoms with Gasteiger partial charge in [0, 0.05) is 18.3 Å². The molecule has 0 fully saturated rings. The number of rotatable bonds is 3. The molecule has 0 radical (unpaired) electrons. The Morgan fingerprint density at radius 3 is 2.61 bits per heavy atom. The van der Waals surface area contributed by atoms with Gasteiger partial charge in [0.1, 0.15) is 5.52 Å². The van der Waals surface area contributed by atoms with Crippen molar-refractivity contribution in [1.82, 2.24) is 24.8 Å². The third kappa shape index (κ3) is 2.05. The molecular weight excluding hydrogens is 292 g/mol. The summed E-state index contributed by atoms with van der Waals surface area (Å²) in [4.78, 5) is 9.22. The van der Waals surface area contributed by atoms with E-state index in [2.05, 4.69) is 15.3 Å². The van der Waals surface area contributed by atoms with Crippen molar-refractivity contribution in [2.75, 3.05) is 5.73 Å². The van der Waals surface area contributed by atoms with Gasteiger partial charge in [-0.3, -0.25) is 4.98 Å². The zero-order valence-electron chi connectivity index (χ0n) is 12.5. The van der Waals surface area contributed by atoms with E-state index in [1.165, 1.54) is 0 Å². The summed E-state index contributed by atoms with van der Waals surface area (Å²) in [5.74, 6) is 0.857. The van der Waals surface area contributed by atoms with Gasteiger partial charge in [-0.1, -0.05) is 30.3 Å². The number of nitrogens with two attached hydrogens (primary N) is 1. The normalized spacial score (nSPS) is 11.2. The highest BCUT2D eigenvalue weighted by Crippen LogP contribution is 2.31. The molecule has 0 saturated carbocycles. The highest BCUT2D eigenvalue weighted by molar-refractivity contribution is 5.92. The average Bonchev–Trinajstić information content (AvgIpc) is 3.17. The number of pyridine rings is 1. The predicted molar refractivity (Wildman–Crippen MR) is 86.3 cm³/mol. The first-order valence-electron chi connectivity index (χ1n) is 7.28. The smallest absolute Gasteiger partial charge is 0.199 e. The molecule has 0 saturated heterocycles. The van der Waals surface area contributed by atoms with Gasteiger partial charge in [-0.05, 0) is 23.3 Å². The van der Waals surface area contributed by atoms with E-state index in [0.29, 0.717) is 11.5 Å². The third-order valence-corrected chi connectivity index (χ3v) is 3.76. The molecule has 0 aliphatic carbocycles. The average molecular weight is 306 g/mol. The summed E-state index contributed by atoms with van der Waals surface area (Å²) < 4.78 is 6.74. The van der Waals surface area contributed by atoms with Crippen molar-refractivity contribution >= 4 is 16.9 Å². The molecule has 4 rings (SSSR count).